The number of ether oxygens (including phenoxy) is 2. The van der Waals surface area contributed by atoms with Gasteiger partial charge >= 0.3 is 0 Å². The second kappa shape index (κ2) is 6.67. The Kier molecular flexibility index (Phi) is 4.92. The molecule has 0 spiro atoms. The van der Waals surface area contributed by atoms with Crippen molar-refractivity contribution in [2.24, 2.45) is 0 Å². The van der Waals surface area contributed by atoms with Crippen molar-refractivity contribution < 1.29 is 14.3 Å². The molecule has 0 radical (unpaired) electrons. The van der Waals surface area contributed by atoms with Crippen LogP contribution in [0.25, 0.3) is 0 Å². The van der Waals surface area contributed by atoms with Gasteiger partial charge in [0.25, 0.3) is 5.91 Å². The summed E-state index contributed by atoms with van der Waals surface area (Å²) in [5, 5.41) is 6.05. The molecule has 0 saturated carbocycles. The Morgan fingerprint density at radius 2 is 2.45 bits per heavy atom. The van der Waals surface area contributed by atoms with Crippen molar-refractivity contribution >= 4 is 11.6 Å². The van der Waals surface area contributed by atoms with Gasteiger partial charge in [0.1, 0.15) is 5.60 Å². The van der Waals surface area contributed by atoms with E-state index in [1.807, 2.05) is 6.92 Å². The molecule has 6 nitrogen and oxygen atoms in total. The lowest BCUT2D eigenvalue weighted by Crippen LogP contribution is -2.45. The van der Waals surface area contributed by atoms with Crippen LogP contribution in [0, 0.1) is 0 Å². The standard InChI is InChI=1S/C14H21N3O3/c1-3-16-12-8-15-6-4-11(12)13(18)17-9-14(19-2)5-7-20-10-14/h4,6,8,16H,3,5,7,9-10H2,1-2H3,(H,17,18). The molecule has 2 heterocycles. The van der Waals surface area contributed by atoms with E-state index >= 15 is 0 Å². The predicted molar refractivity (Wildman–Crippen MR) is 75.9 cm³/mol. The van der Waals surface area contributed by atoms with Gasteiger partial charge in [-0.15, -0.1) is 0 Å². The molecule has 1 fully saturated rings. The van der Waals surface area contributed by atoms with Crippen molar-refractivity contribution in [2.75, 3.05) is 38.7 Å². The molecule has 0 bridgehead atoms. The molecule has 0 aromatic carbocycles. The molecule has 2 N–H and O–H groups in total. The molecule has 1 amide bonds. The number of rotatable bonds is 6. The molecular weight excluding hydrogens is 258 g/mol. The first kappa shape index (κ1) is 14.7. The average molecular weight is 279 g/mol. The fourth-order valence-corrected chi connectivity index (χ4v) is 2.22. The lowest BCUT2D eigenvalue weighted by Gasteiger charge is -2.26. The highest BCUT2D eigenvalue weighted by Gasteiger charge is 2.35. The molecule has 1 aliphatic heterocycles. The van der Waals surface area contributed by atoms with Crippen LogP contribution in [-0.2, 0) is 9.47 Å². The lowest BCUT2D eigenvalue weighted by atomic mass is 10.0. The maximum atomic E-state index is 12.3. The number of hydrogen-bond acceptors (Lipinski definition) is 5. The average Bonchev–Trinajstić information content (AvgIpc) is 2.95. The van der Waals surface area contributed by atoms with Gasteiger partial charge in [-0.05, 0) is 13.0 Å². The predicted octanol–water partition coefficient (Wildman–Crippen LogP) is 1.05. The van der Waals surface area contributed by atoms with Gasteiger partial charge in [0, 0.05) is 39.4 Å². The summed E-state index contributed by atoms with van der Waals surface area (Å²) in [6.45, 7) is 4.34. The SMILES string of the molecule is CCNc1cnccc1C(=O)NCC1(OC)CCOC1. The van der Waals surface area contributed by atoms with Crippen LogP contribution < -0.4 is 10.6 Å². The number of nitrogens with one attached hydrogen (secondary N) is 2. The summed E-state index contributed by atoms with van der Waals surface area (Å²) in [6.07, 6.45) is 4.06. The largest absolute Gasteiger partial charge is 0.383 e. The number of pyridine rings is 1. The zero-order valence-electron chi connectivity index (χ0n) is 11.9. The van der Waals surface area contributed by atoms with Crippen molar-refractivity contribution in [1.29, 1.82) is 0 Å². The number of carbonyl (C=O) groups is 1. The third-order valence-electron chi connectivity index (χ3n) is 3.50. The summed E-state index contributed by atoms with van der Waals surface area (Å²) in [7, 11) is 1.65. The highest BCUT2D eigenvalue weighted by atomic mass is 16.5. The van der Waals surface area contributed by atoms with Gasteiger partial charge in [-0.3, -0.25) is 9.78 Å². The fraction of sp³-hybridized carbons (Fsp3) is 0.571. The number of carbonyl (C=O) groups excluding carboxylic acids is 1. The summed E-state index contributed by atoms with van der Waals surface area (Å²) in [5.41, 5.74) is 0.926. The van der Waals surface area contributed by atoms with Gasteiger partial charge in [-0.2, -0.15) is 0 Å². The molecule has 1 aliphatic rings. The van der Waals surface area contributed by atoms with Crippen LogP contribution in [0.4, 0.5) is 5.69 Å². The normalized spacial score (nSPS) is 21.7. The maximum absolute atomic E-state index is 12.3. The van der Waals surface area contributed by atoms with Crippen molar-refractivity contribution in [1.82, 2.24) is 10.3 Å². The van der Waals surface area contributed by atoms with E-state index in [0.29, 0.717) is 25.3 Å². The number of aromatic nitrogens is 1. The van der Waals surface area contributed by atoms with E-state index in [0.717, 1.165) is 18.7 Å². The van der Waals surface area contributed by atoms with Crippen molar-refractivity contribution in [3.05, 3.63) is 24.0 Å². The Bertz CT molecular complexity index is 459. The smallest absolute Gasteiger partial charge is 0.253 e. The van der Waals surface area contributed by atoms with Crippen molar-refractivity contribution in [3.63, 3.8) is 0 Å². The molecule has 1 unspecified atom stereocenters. The minimum atomic E-state index is -0.402. The van der Waals surface area contributed by atoms with Crippen LogP contribution in [0.1, 0.15) is 23.7 Å². The number of anilines is 1. The highest BCUT2D eigenvalue weighted by molar-refractivity contribution is 5.99. The first-order valence-corrected chi connectivity index (χ1v) is 6.80. The monoisotopic (exact) mass is 279 g/mol. The van der Waals surface area contributed by atoms with Crippen LogP contribution in [0.15, 0.2) is 18.5 Å². The Hall–Kier alpha value is -1.66. The molecular formula is C14H21N3O3. The lowest BCUT2D eigenvalue weighted by molar-refractivity contribution is -0.0148. The summed E-state index contributed by atoms with van der Waals surface area (Å²) in [5.74, 6) is -0.133. The van der Waals surface area contributed by atoms with E-state index in [2.05, 4.69) is 15.6 Å². The minimum absolute atomic E-state index is 0.133. The van der Waals surface area contributed by atoms with E-state index in [4.69, 9.17) is 9.47 Å². The minimum Gasteiger partial charge on any atom is -0.383 e. The molecule has 110 valence electrons. The second-order valence-corrected chi connectivity index (χ2v) is 4.82. The third-order valence-corrected chi connectivity index (χ3v) is 3.50. The van der Waals surface area contributed by atoms with Gasteiger partial charge in [-0.1, -0.05) is 0 Å². The number of hydrogen-bond donors (Lipinski definition) is 2. The van der Waals surface area contributed by atoms with E-state index in [9.17, 15) is 4.79 Å². The van der Waals surface area contributed by atoms with Gasteiger partial charge < -0.3 is 20.1 Å². The third kappa shape index (κ3) is 3.26. The van der Waals surface area contributed by atoms with Crippen LogP contribution in [-0.4, -0.2) is 49.9 Å². The van der Waals surface area contributed by atoms with Gasteiger partial charge in [0.15, 0.2) is 0 Å². The quantitative estimate of drug-likeness (QED) is 0.814. The maximum Gasteiger partial charge on any atom is 0.253 e. The molecule has 1 aromatic rings. The fourth-order valence-electron chi connectivity index (χ4n) is 2.22. The topological polar surface area (TPSA) is 72.5 Å². The summed E-state index contributed by atoms with van der Waals surface area (Å²) >= 11 is 0. The summed E-state index contributed by atoms with van der Waals surface area (Å²) < 4.78 is 10.8. The Morgan fingerprint density at radius 3 is 3.10 bits per heavy atom. The van der Waals surface area contributed by atoms with E-state index in [1.165, 1.54) is 0 Å². The van der Waals surface area contributed by atoms with Crippen LogP contribution in [0.5, 0.6) is 0 Å². The van der Waals surface area contributed by atoms with Crippen LogP contribution in [0.3, 0.4) is 0 Å². The Morgan fingerprint density at radius 1 is 1.60 bits per heavy atom. The molecule has 20 heavy (non-hydrogen) atoms. The van der Waals surface area contributed by atoms with Crippen molar-refractivity contribution in [3.8, 4) is 0 Å². The van der Waals surface area contributed by atoms with Gasteiger partial charge in [-0.25, -0.2) is 0 Å². The Labute approximate surface area is 118 Å². The molecule has 1 aromatic heterocycles. The molecule has 0 aliphatic carbocycles. The Balaban J connectivity index is 2.01. The zero-order valence-corrected chi connectivity index (χ0v) is 11.9. The first-order chi connectivity index (χ1) is 9.71. The van der Waals surface area contributed by atoms with Crippen LogP contribution in [0.2, 0.25) is 0 Å². The van der Waals surface area contributed by atoms with Crippen LogP contribution >= 0.6 is 0 Å². The van der Waals surface area contributed by atoms with E-state index in [-0.39, 0.29) is 5.91 Å². The molecule has 1 saturated heterocycles. The molecule has 1 atom stereocenters. The zero-order chi connectivity index (χ0) is 14.4. The highest BCUT2D eigenvalue weighted by Crippen LogP contribution is 2.22. The number of amides is 1. The van der Waals surface area contributed by atoms with E-state index < -0.39 is 5.60 Å². The first-order valence-electron chi connectivity index (χ1n) is 6.80. The van der Waals surface area contributed by atoms with Gasteiger partial charge in [0.05, 0.1) is 24.1 Å². The summed E-state index contributed by atoms with van der Waals surface area (Å²) in [6, 6.07) is 1.71. The molecule has 2 rings (SSSR count). The number of nitrogens with zero attached hydrogens (tertiary/aromatic N) is 1. The summed E-state index contributed by atoms with van der Waals surface area (Å²) in [4.78, 5) is 16.3. The second-order valence-electron chi connectivity index (χ2n) is 4.82. The molecule has 6 heteroatoms. The van der Waals surface area contributed by atoms with E-state index in [1.54, 1.807) is 25.6 Å². The number of methoxy groups -OCH3 is 1. The van der Waals surface area contributed by atoms with Gasteiger partial charge in [0.2, 0.25) is 0 Å². The van der Waals surface area contributed by atoms with Crippen molar-refractivity contribution in [2.45, 2.75) is 18.9 Å².